The van der Waals surface area contributed by atoms with Gasteiger partial charge in [0.1, 0.15) is 11.8 Å². The van der Waals surface area contributed by atoms with Gasteiger partial charge in [0.15, 0.2) is 12.4 Å². The monoisotopic (exact) mass is 497 g/mol. The number of benzene rings is 3. The van der Waals surface area contributed by atoms with E-state index < -0.39 is 6.04 Å². The van der Waals surface area contributed by atoms with Crippen LogP contribution in [0.25, 0.3) is 0 Å². The number of Topliss-reactive ketones (excluding diaryl/α,β-unsaturated/α-hetero) is 1. The van der Waals surface area contributed by atoms with E-state index in [0.717, 1.165) is 0 Å². The number of hydrogen-bond acceptors (Lipinski definition) is 5. The summed E-state index contributed by atoms with van der Waals surface area (Å²) in [5.41, 5.74) is 2.43. The Kier molecular flexibility index (Phi) is 7.61. The molecule has 2 aliphatic rings. The second kappa shape index (κ2) is 11.4. The molecule has 7 nitrogen and oxygen atoms in total. The predicted molar refractivity (Wildman–Crippen MR) is 140 cm³/mol. The SMILES string of the molecule is O=C1CC(C(=O)N2CCN(C(c3ccccc3)c3ccccc3)CC2)N(C(=O)COc2ccccc2)C1. The molecule has 0 bridgehead atoms. The van der Waals surface area contributed by atoms with Crippen molar-refractivity contribution in [2.45, 2.75) is 18.5 Å². The lowest BCUT2D eigenvalue weighted by molar-refractivity contribution is -0.146. The van der Waals surface area contributed by atoms with E-state index in [1.54, 1.807) is 17.0 Å². The molecule has 1 unspecified atom stereocenters. The maximum atomic E-state index is 13.5. The molecule has 2 fully saturated rings. The molecule has 0 aliphatic carbocycles. The Labute approximate surface area is 217 Å². The number of rotatable bonds is 7. The zero-order valence-electron chi connectivity index (χ0n) is 20.7. The first-order chi connectivity index (χ1) is 18.1. The van der Waals surface area contributed by atoms with Crippen molar-refractivity contribution in [1.82, 2.24) is 14.7 Å². The van der Waals surface area contributed by atoms with E-state index in [1.807, 2.05) is 30.3 Å². The van der Waals surface area contributed by atoms with Crippen molar-refractivity contribution in [2.75, 3.05) is 39.3 Å². The van der Waals surface area contributed by atoms with Crippen molar-refractivity contribution >= 4 is 17.6 Å². The number of piperazine rings is 1. The van der Waals surface area contributed by atoms with E-state index >= 15 is 0 Å². The Balaban J connectivity index is 1.23. The van der Waals surface area contributed by atoms with Crippen LogP contribution < -0.4 is 4.74 Å². The van der Waals surface area contributed by atoms with Crippen LogP contribution in [0.5, 0.6) is 5.75 Å². The van der Waals surface area contributed by atoms with E-state index in [1.165, 1.54) is 16.0 Å². The van der Waals surface area contributed by atoms with Crippen LogP contribution in [0.4, 0.5) is 0 Å². The van der Waals surface area contributed by atoms with E-state index in [2.05, 4.69) is 53.4 Å². The van der Waals surface area contributed by atoms with Gasteiger partial charge in [0.2, 0.25) is 5.91 Å². The fourth-order valence-corrected chi connectivity index (χ4v) is 5.21. The van der Waals surface area contributed by atoms with Gasteiger partial charge < -0.3 is 14.5 Å². The summed E-state index contributed by atoms with van der Waals surface area (Å²) in [4.78, 5) is 44.2. The number of nitrogens with zero attached hydrogens (tertiary/aromatic N) is 3. The van der Waals surface area contributed by atoms with Crippen molar-refractivity contribution in [3.63, 3.8) is 0 Å². The predicted octanol–water partition coefficient (Wildman–Crippen LogP) is 3.17. The molecular formula is C30H31N3O4. The van der Waals surface area contributed by atoms with E-state index in [9.17, 15) is 14.4 Å². The van der Waals surface area contributed by atoms with Gasteiger partial charge >= 0.3 is 0 Å². The molecule has 3 aromatic rings. The molecule has 5 rings (SSSR count). The van der Waals surface area contributed by atoms with Gasteiger partial charge in [-0.15, -0.1) is 0 Å². The van der Waals surface area contributed by atoms with Crippen LogP contribution >= 0.6 is 0 Å². The first-order valence-electron chi connectivity index (χ1n) is 12.7. The first-order valence-corrected chi connectivity index (χ1v) is 12.7. The number of likely N-dealkylation sites (tertiary alicyclic amines) is 1. The highest BCUT2D eigenvalue weighted by molar-refractivity contribution is 5.99. The van der Waals surface area contributed by atoms with Gasteiger partial charge in [-0.2, -0.15) is 0 Å². The van der Waals surface area contributed by atoms with Crippen LogP contribution in [-0.2, 0) is 14.4 Å². The Morgan fingerprint density at radius 2 is 1.32 bits per heavy atom. The average Bonchev–Trinajstić information content (AvgIpc) is 3.35. The highest BCUT2D eigenvalue weighted by atomic mass is 16.5. The number of ether oxygens (including phenoxy) is 1. The van der Waals surface area contributed by atoms with Crippen LogP contribution in [0, 0.1) is 0 Å². The minimum Gasteiger partial charge on any atom is -0.484 e. The lowest BCUT2D eigenvalue weighted by atomic mass is 9.96. The van der Waals surface area contributed by atoms with Gasteiger partial charge in [0.05, 0.1) is 12.6 Å². The molecule has 0 spiro atoms. The van der Waals surface area contributed by atoms with Crippen molar-refractivity contribution in [3.8, 4) is 5.75 Å². The smallest absolute Gasteiger partial charge is 0.261 e. The number of carbonyl (C=O) groups is 3. The summed E-state index contributed by atoms with van der Waals surface area (Å²) in [6.07, 6.45) is 0.0623. The average molecular weight is 498 g/mol. The molecule has 190 valence electrons. The zero-order valence-corrected chi connectivity index (χ0v) is 20.7. The molecule has 37 heavy (non-hydrogen) atoms. The van der Waals surface area contributed by atoms with E-state index in [0.29, 0.717) is 31.9 Å². The minimum atomic E-state index is -0.759. The van der Waals surface area contributed by atoms with Gasteiger partial charge in [-0.25, -0.2) is 0 Å². The molecule has 0 aromatic heterocycles. The summed E-state index contributed by atoms with van der Waals surface area (Å²) in [6.45, 7) is 2.24. The molecule has 7 heteroatoms. The largest absolute Gasteiger partial charge is 0.484 e. The normalized spacial score (nSPS) is 18.3. The topological polar surface area (TPSA) is 70.2 Å². The van der Waals surface area contributed by atoms with Crippen LogP contribution in [0.1, 0.15) is 23.6 Å². The molecule has 0 N–H and O–H groups in total. The number of carbonyl (C=O) groups excluding carboxylic acids is 3. The number of hydrogen-bond donors (Lipinski definition) is 0. The molecule has 2 saturated heterocycles. The van der Waals surface area contributed by atoms with Crippen LogP contribution in [-0.4, -0.2) is 77.7 Å². The molecule has 0 radical (unpaired) electrons. The lowest BCUT2D eigenvalue weighted by Gasteiger charge is -2.41. The van der Waals surface area contributed by atoms with Gasteiger partial charge in [-0.3, -0.25) is 19.3 Å². The Morgan fingerprint density at radius 3 is 1.89 bits per heavy atom. The van der Waals surface area contributed by atoms with Crippen molar-refractivity contribution in [3.05, 3.63) is 102 Å². The Bertz CT molecular complexity index is 1170. The molecule has 2 heterocycles. The number of para-hydroxylation sites is 1. The zero-order chi connectivity index (χ0) is 25.6. The summed E-state index contributed by atoms with van der Waals surface area (Å²) < 4.78 is 5.58. The second-order valence-corrected chi connectivity index (χ2v) is 9.47. The molecule has 2 aliphatic heterocycles. The highest BCUT2D eigenvalue weighted by Gasteiger charge is 2.41. The minimum absolute atomic E-state index is 0.0442. The molecular weight excluding hydrogens is 466 g/mol. The Hall–Kier alpha value is -3.97. The van der Waals surface area contributed by atoms with Gasteiger partial charge in [0, 0.05) is 32.6 Å². The van der Waals surface area contributed by atoms with Gasteiger partial charge in [0.25, 0.3) is 5.91 Å². The Morgan fingerprint density at radius 1 is 0.784 bits per heavy atom. The lowest BCUT2D eigenvalue weighted by Crippen LogP contribution is -2.55. The van der Waals surface area contributed by atoms with Crippen LogP contribution in [0.3, 0.4) is 0 Å². The molecule has 2 amide bonds. The van der Waals surface area contributed by atoms with Crippen molar-refractivity contribution in [1.29, 1.82) is 0 Å². The van der Waals surface area contributed by atoms with E-state index in [4.69, 9.17) is 4.74 Å². The van der Waals surface area contributed by atoms with Crippen LogP contribution in [0.15, 0.2) is 91.0 Å². The second-order valence-electron chi connectivity index (χ2n) is 9.47. The summed E-state index contributed by atoms with van der Waals surface area (Å²) in [7, 11) is 0. The molecule has 3 aromatic carbocycles. The quantitative estimate of drug-likeness (QED) is 0.502. The third-order valence-electron chi connectivity index (χ3n) is 7.08. The summed E-state index contributed by atoms with van der Waals surface area (Å²) in [5.74, 6) is -0.0283. The van der Waals surface area contributed by atoms with Crippen molar-refractivity contribution in [2.24, 2.45) is 0 Å². The first kappa shape index (κ1) is 24.7. The maximum Gasteiger partial charge on any atom is 0.261 e. The van der Waals surface area contributed by atoms with Crippen molar-refractivity contribution < 1.29 is 19.1 Å². The molecule has 1 atom stereocenters. The molecule has 0 saturated carbocycles. The van der Waals surface area contributed by atoms with Gasteiger partial charge in [-0.05, 0) is 23.3 Å². The summed E-state index contributed by atoms with van der Waals surface area (Å²) in [6, 6.07) is 29.2. The van der Waals surface area contributed by atoms with Crippen LogP contribution in [0.2, 0.25) is 0 Å². The number of ketones is 1. The standard InChI is InChI=1S/C30H31N3O4/c34-25-20-27(33(21-25)28(35)22-37-26-14-8-3-9-15-26)30(36)32-18-16-31(17-19-32)29(23-10-4-1-5-11-23)24-12-6-2-7-13-24/h1-15,27,29H,16-22H2. The third kappa shape index (κ3) is 5.73. The maximum absolute atomic E-state index is 13.5. The number of amides is 2. The fraction of sp³-hybridized carbons (Fsp3) is 0.300. The summed E-state index contributed by atoms with van der Waals surface area (Å²) in [5, 5.41) is 0. The van der Waals surface area contributed by atoms with Gasteiger partial charge in [-0.1, -0.05) is 78.9 Å². The fourth-order valence-electron chi connectivity index (χ4n) is 5.21. The van der Waals surface area contributed by atoms with E-state index in [-0.39, 0.29) is 43.2 Å². The summed E-state index contributed by atoms with van der Waals surface area (Å²) >= 11 is 0. The highest BCUT2D eigenvalue weighted by Crippen LogP contribution is 2.30. The third-order valence-corrected chi connectivity index (χ3v) is 7.08.